The molecule has 0 fully saturated rings. The highest BCUT2D eigenvalue weighted by molar-refractivity contribution is 6.09. The molecule has 0 spiro atoms. The minimum absolute atomic E-state index is 0.0531. The Balaban J connectivity index is 2.22. The van der Waals surface area contributed by atoms with Crippen LogP contribution in [0.4, 0.5) is 11.4 Å². The van der Waals surface area contributed by atoms with E-state index in [4.69, 9.17) is 5.73 Å². The molecule has 0 bridgehead atoms. The molecule has 1 amide bonds. The van der Waals surface area contributed by atoms with Crippen molar-refractivity contribution in [2.45, 2.75) is 13.8 Å². The number of aromatic nitrogens is 1. The summed E-state index contributed by atoms with van der Waals surface area (Å²) in [6.45, 7) is 3.50. The summed E-state index contributed by atoms with van der Waals surface area (Å²) in [5, 5.41) is 3.92. The first-order valence-electron chi connectivity index (χ1n) is 7.53. The number of benzene rings is 2. The van der Waals surface area contributed by atoms with Crippen molar-refractivity contribution in [2.24, 2.45) is 5.73 Å². The van der Waals surface area contributed by atoms with Crippen molar-refractivity contribution in [3.8, 4) is 0 Å². The van der Waals surface area contributed by atoms with Crippen molar-refractivity contribution in [3.05, 3.63) is 65.4 Å². The first-order chi connectivity index (χ1) is 11.5. The second kappa shape index (κ2) is 6.12. The second-order valence-corrected chi connectivity index (χ2v) is 5.69. The number of nitrogens with two attached hydrogens (primary N) is 1. The molecule has 3 rings (SSSR count). The number of amides is 1. The van der Waals surface area contributed by atoms with Gasteiger partial charge in [-0.3, -0.25) is 14.6 Å². The van der Waals surface area contributed by atoms with E-state index in [0.717, 1.165) is 11.3 Å². The van der Waals surface area contributed by atoms with Crippen LogP contribution in [-0.4, -0.2) is 16.7 Å². The van der Waals surface area contributed by atoms with E-state index in [0.29, 0.717) is 22.2 Å². The Bertz CT molecular complexity index is 941. The van der Waals surface area contributed by atoms with Gasteiger partial charge < -0.3 is 11.1 Å². The molecule has 1 heterocycles. The van der Waals surface area contributed by atoms with Gasteiger partial charge in [0, 0.05) is 22.8 Å². The molecule has 0 aliphatic heterocycles. The van der Waals surface area contributed by atoms with E-state index in [1.54, 1.807) is 18.2 Å². The fourth-order valence-corrected chi connectivity index (χ4v) is 2.51. The largest absolute Gasteiger partial charge is 0.365 e. The van der Waals surface area contributed by atoms with Crippen LogP contribution < -0.4 is 11.1 Å². The molecule has 0 unspecified atom stereocenters. The number of aryl methyl sites for hydroxylation is 1. The van der Waals surface area contributed by atoms with Crippen LogP contribution in [-0.2, 0) is 0 Å². The fourth-order valence-electron chi connectivity index (χ4n) is 2.51. The van der Waals surface area contributed by atoms with Gasteiger partial charge in [-0.25, -0.2) is 0 Å². The number of carbonyl (C=O) groups is 2. The third-order valence-corrected chi connectivity index (χ3v) is 3.86. The Labute approximate surface area is 139 Å². The number of nitrogens with zero attached hydrogens (tertiary/aromatic N) is 1. The van der Waals surface area contributed by atoms with Gasteiger partial charge in [0.15, 0.2) is 5.78 Å². The predicted molar refractivity (Wildman–Crippen MR) is 94.7 cm³/mol. The molecular weight excluding hydrogens is 302 g/mol. The van der Waals surface area contributed by atoms with Crippen molar-refractivity contribution in [1.82, 2.24) is 4.98 Å². The topological polar surface area (TPSA) is 85.1 Å². The maximum Gasteiger partial charge on any atom is 0.252 e. The van der Waals surface area contributed by atoms with E-state index in [9.17, 15) is 9.59 Å². The van der Waals surface area contributed by atoms with Gasteiger partial charge in [-0.15, -0.1) is 0 Å². The molecule has 2 aromatic carbocycles. The van der Waals surface area contributed by atoms with Crippen LogP contribution in [0.3, 0.4) is 0 Å². The van der Waals surface area contributed by atoms with E-state index >= 15 is 0 Å². The monoisotopic (exact) mass is 319 g/mol. The zero-order valence-corrected chi connectivity index (χ0v) is 13.5. The highest BCUT2D eigenvalue weighted by atomic mass is 16.1. The molecule has 1 aromatic heterocycles. The summed E-state index contributed by atoms with van der Waals surface area (Å²) >= 11 is 0. The predicted octanol–water partition coefficient (Wildman–Crippen LogP) is 3.59. The third kappa shape index (κ3) is 2.96. The summed E-state index contributed by atoms with van der Waals surface area (Å²) in [4.78, 5) is 27.8. The number of carbonyl (C=O) groups excluding carboxylic acids is 2. The number of Topliss-reactive ketones (excluding diaryl/α,β-unsaturated/α-hetero) is 1. The van der Waals surface area contributed by atoms with E-state index in [1.165, 1.54) is 13.1 Å². The molecule has 0 aliphatic carbocycles. The average molecular weight is 319 g/mol. The highest BCUT2D eigenvalue weighted by Crippen LogP contribution is 2.30. The fraction of sp³-hybridized carbons (Fsp3) is 0.105. The molecule has 0 saturated heterocycles. The number of nitrogens with one attached hydrogen (secondary N) is 1. The van der Waals surface area contributed by atoms with Crippen LogP contribution in [0, 0.1) is 6.92 Å². The minimum atomic E-state index is -0.577. The number of fused-ring (bicyclic) bond motifs is 1. The van der Waals surface area contributed by atoms with E-state index in [1.807, 2.05) is 31.2 Å². The number of pyridine rings is 1. The summed E-state index contributed by atoms with van der Waals surface area (Å²) in [5.41, 5.74) is 9.52. The van der Waals surface area contributed by atoms with Gasteiger partial charge in [-0.1, -0.05) is 17.7 Å². The van der Waals surface area contributed by atoms with Gasteiger partial charge in [-0.2, -0.15) is 0 Å². The standard InChI is InChI=1S/C19H17N3O2/c1-11-3-6-14(7-4-11)22-18-15-9-13(12(2)23)5-8-17(15)21-10-16(18)19(20)24/h3-10H,1-2H3,(H2,20,24)(H,21,22). The molecule has 0 aliphatic rings. The van der Waals surface area contributed by atoms with Crippen molar-refractivity contribution in [2.75, 3.05) is 5.32 Å². The number of rotatable bonds is 4. The number of hydrogen-bond acceptors (Lipinski definition) is 4. The number of ketones is 1. The van der Waals surface area contributed by atoms with Crippen LogP contribution in [0.5, 0.6) is 0 Å². The Hall–Kier alpha value is -3.21. The maximum absolute atomic E-state index is 11.8. The van der Waals surface area contributed by atoms with Gasteiger partial charge in [0.2, 0.25) is 0 Å². The second-order valence-electron chi connectivity index (χ2n) is 5.69. The quantitative estimate of drug-likeness (QED) is 0.720. The van der Waals surface area contributed by atoms with Gasteiger partial charge >= 0.3 is 0 Å². The first-order valence-corrected chi connectivity index (χ1v) is 7.53. The normalized spacial score (nSPS) is 10.6. The maximum atomic E-state index is 11.8. The molecule has 0 saturated carbocycles. The Morgan fingerprint density at radius 3 is 2.42 bits per heavy atom. The highest BCUT2D eigenvalue weighted by Gasteiger charge is 2.15. The van der Waals surface area contributed by atoms with E-state index in [-0.39, 0.29) is 11.3 Å². The summed E-state index contributed by atoms with van der Waals surface area (Å²) in [6.07, 6.45) is 1.45. The smallest absolute Gasteiger partial charge is 0.252 e. The first kappa shape index (κ1) is 15.7. The number of anilines is 2. The van der Waals surface area contributed by atoms with Gasteiger partial charge in [0.1, 0.15) is 0 Å². The zero-order chi connectivity index (χ0) is 17.3. The summed E-state index contributed by atoms with van der Waals surface area (Å²) in [6, 6.07) is 13.0. The lowest BCUT2D eigenvalue weighted by Gasteiger charge is -2.14. The molecule has 120 valence electrons. The van der Waals surface area contributed by atoms with Gasteiger partial charge in [0.05, 0.1) is 16.8 Å². The minimum Gasteiger partial charge on any atom is -0.365 e. The van der Waals surface area contributed by atoms with Crippen LogP contribution in [0.25, 0.3) is 10.9 Å². The number of primary amides is 1. The Kier molecular flexibility index (Phi) is 4.00. The lowest BCUT2D eigenvalue weighted by atomic mass is 10.0. The third-order valence-electron chi connectivity index (χ3n) is 3.86. The van der Waals surface area contributed by atoms with Crippen LogP contribution in [0.1, 0.15) is 33.2 Å². The molecule has 5 nitrogen and oxygen atoms in total. The van der Waals surface area contributed by atoms with Crippen LogP contribution >= 0.6 is 0 Å². The van der Waals surface area contributed by atoms with E-state index in [2.05, 4.69) is 10.3 Å². The molecule has 0 radical (unpaired) electrons. The molecule has 0 atom stereocenters. The lowest BCUT2D eigenvalue weighted by Crippen LogP contribution is -2.14. The van der Waals surface area contributed by atoms with Gasteiger partial charge in [-0.05, 0) is 44.2 Å². The average Bonchev–Trinajstić information content (AvgIpc) is 2.56. The summed E-state index contributed by atoms with van der Waals surface area (Å²) in [5.74, 6) is -0.630. The Morgan fingerprint density at radius 1 is 1.08 bits per heavy atom. The van der Waals surface area contributed by atoms with Crippen molar-refractivity contribution < 1.29 is 9.59 Å². The molecular formula is C19H17N3O2. The summed E-state index contributed by atoms with van der Waals surface area (Å²) < 4.78 is 0. The molecule has 3 aromatic rings. The Morgan fingerprint density at radius 2 is 1.79 bits per heavy atom. The van der Waals surface area contributed by atoms with Crippen molar-refractivity contribution in [1.29, 1.82) is 0 Å². The SMILES string of the molecule is CC(=O)c1ccc2ncc(C(N)=O)c(Nc3ccc(C)cc3)c2c1. The van der Waals surface area contributed by atoms with Crippen LogP contribution in [0.2, 0.25) is 0 Å². The molecule has 5 heteroatoms. The summed E-state index contributed by atoms with van der Waals surface area (Å²) in [7, 11) is 0. The molecule has 3 N–H and O–H groups in total. The lowest BCUT2D eigenvalue weighted by molar-refractivity contribution is 0.0997. The molecule has 24 heavy (non-hydrogen) atoms. The van der Waals surface area contributed by atoms with Gasteiger partial charge in [0.25, 0.3) is 5.91 Å². The zero-order valence-electron chi connectivity index (χ0n) is 13.5. The van der Waals surface area contributed by atoms with Crippen molar-refractivity contribution in [3.63, 3.8) is 0 Å². The number of hydrogen-bond donors (Lipinski definition) is 2. The van der Waals surface area contributed by atoms with E-state index < -0.39 is 5.91 Å². The van der Waals surface area contributed by atoms with Crippen LogP contribution in [0.15, 0.2) is 48.7 Å². The van der Waals surface area contributed by atoms with Crippen molar-refractivity contribution >= 4 is 34.0 Å².